The maximum absolute atomic E-state index is 13.3. The molecule has 2 aliphatic rings. The highest BCUT2D eigenvalue weighted by Crippen LogP contribution is 2.29. The summed E-state index contributed by atoms with van der Waals surface area (Å²) in [7, 11) is 3.14. The Labute approximate surface area is 181 Å². The fourth-order valence-electron chi connectivity index (χ4n) is 3.98. The van der Waals surface area contributed by atoms with Crippen molar-refractivity contribution in [2.75, 3.05) is 20.8 Å². The SMILES string of the molecule is COc1ccc(C(=O)N2CCCC[C@@H]2CCn2cc(C(=O)NC3CC3)nn2)c(OC)c1. The van der Waals surface area contributed by atoms with Crippen LogP contribution in [0, 0.1) is 0 Å². The van der Waals surface area contributed by atoms with Crippen molar-refractivity contribution in [3.63, 3.8) is 0 Å². The first-order valence-corrected chi connectivity index (χ1v) is 10.8. The Morgan fingerprint density at radius 1 is 1.16 bits per heavy atom. The van der Waals surface area contributed by atoms with Gasteiger partial charge in [0.2, 0.25) is 0 Å². The minimum absolute atomic E-state index is 0.0349. The molecule has 4 rings (SSSR count). The number of hydrogen-bond donors (Lipinski definition) is 1. The summed E-state index contributed by atoms with van der Waals surface area (Å²) in [6.45, 7) is 1.31. The lowest BCUT2D eigenvalue weighted by Gasteiger charge is -2.36. The van der Waals surface area contributed by atoms with Gasteiger partial charge in [-0.25, -0.2) is 0 Å². The molecule has 31 heavy (non-hydrogen) atoms. The van der Waals surface area contributed by atoms with E-state index in [1.807, 2.05) is 4.90 Å². The third-order valence-electron chi connectivity index (χ3n) is 5.90. The number of ether oxygens (including phenoxy) is 2. The second-order valence-corrected chi connectivity index (χ2v) is 8.12. The van der Waals surface area contributed by atoms with Gasteiger partial charge in [-0.3, -0.25) is 14.3 Å². The predicted octanol–water partition coefficient (Wildman–Crippen LogP) is 2.27. The molecule has 1 saturated heterocycles. The van der Waals surface area contributed by atoms with E-state index in [-0.39, 0.29) is 23.9 Å². The monoisotopic (exact) mass is 427 g/mol. The van der Waals surface area contributed by atoms with Gasteiger partial charge in [-0.1, -0.05) is 5.21 Å². The van der Waals surface area contributed by atoms with Crippen molar-refractivity contribution in [1.82, 2.24) is 25.2 Å². The van der Waals surface area contributed by atoms with Crippen LogP contribution in [0.3, 0.4) is 0 Å². The highest BCUT2D eigenvalue weighted by molar-refractivity contribution is 5.97. The summed E-state index contributed by atoms with van der Waals surface area (Å²) >= 11 is 0. The van der Waals surface area contributed by atoms with Crippen molar-refractivity contribution < 1.29 is 19.1 Å². The number of nitrogens with zero attached hydrogens (tertiary/aromatic N) is 4. The first-order chi connectivity index (χ1) is 15.1. The number of methoxy groups -OCH3 is 2. The number of rotatable bonds is 8. The molecule has 1 aromatic heterocycles. The zero-order chi connectivity index (χ0) is 21.8. The van der Waals surface area contributed by atoms with Crippen molar-refractivity contribution in [2.24, 2.45) is 0 Å². The lowest BCUT2D eigenvalue weighted by atomic mass is 9.98. The van der Waals surface area contributed by atoms with Gasteiger partial charge < -0.3 is 19.7 Å². The Kier molecular flexibility index (Phi) is 6.39. The Hall–Kier alpha value is -3.10. The molecule has 2 heterocycles. The van der Waals surface area contributed by atoms with Crippen molar-refractivity contribution in [3.8, 4) is 11.5 Å². The number of aryl methyl sites for hydroxylation is 1. The highest BCUT2D eigenvalue weighted by Gasteiger charge is 2.29. The smallest absolute Gasteiger partial charge is 0.273 e. The summed E-state index contributed by atoms with van der Waals surface area (Å²) in [5, 5.41) is 11.0. The summed E-state index contributed by atoms with van der Waals surface area (Å²) in [5.41, 5.74) is 0.876. The van der Waals surface area contributed by atoms with Crippen LogP contribution in [0.15, 0.2) is 24.4 Å². The Bertz CT molecular complexity index is 940. The number of likely N-dealkylation sites (tertiary alicyclic amines) is 1. The molecule has 1 saturated carbocycles. The van der Waals surface area contributed by atoms with Crippen LogP contribution in [0.1, 0.15) is 59.4 Å². The van der Waals surface area contributed by atoms with Crippen molar-refractivity contribution in [3.05, 3.63) is 35.7 Å². The summed E-state index contributed by atoms with van der Waals surface area (Å²) in [6.07, 6.45) is 7.50. The van der Waals surface area contributed by atoms with Crippen molar-refractivity contribution in [2.45, 2.75) is 57.2 Å². The quantitative estimate of drug-likeness (QED) is 0.694. The van der Waals surface area contributed by atoms with Gasteiger partial charge in [0.1, 0.15) is 11.5 Å². The molecule has 1 aromatic carbocycles. The molecule has 0 bridgehead atoms. The molecular formula is C22H29N5O4. The molecule has 1 aliphatic heterocycles. The minimum Gasteiger partial charge on any atom is -0.497 e. The molecule has 9 heteroatoms. The summed E-state index contributed by atoms with van der Waals surface area (Å²) in [6, 6.07) is 5.65. The topological polar surface area (TPSA) is 98.6 Å². The van der Waals surface area contributed by atoms with E-state index < -0.39 is 0 Å². The van der Waals surface area contributed by atoms with Gasteiger partial charge in [0, 0.05) is 31.2 Å². The zero-order valence-corrected chi connectivity index (χ0v) is 18.0. The Morgan fingerprint density at radius 3 is 2.74 bits per heavy atom. The lowest BCUT2D eigenvalue weighted by molar-refractivity contribution is 0.0590. The van der Waals surface area contributed by atoms with E-state index in [0.29, 0.717) is 35.8 Å². The van der Waals surface area contributed by atoms with Gasteiger partial charge in [0.05, 0.1) is 26.0 Å². The van der Waals surface area contributed by atoms with Crippen LogP contribution < -0.4 is 14.8 Å². The highest BCUT2D eigenvalue weighted by atomic mass is 16.5. The number of nitrogens with one attached hydrogen (secondary N) is 1. The number of carbonyl (C=O) groups is 2. The molecule has 0 radical (unpaired) electrons. The molecule has 2 amide bonds. The number of aromatic nitrogens is 3. The zero-order valence-electron chi connectivity index (χ0n) is 18.0. The van der Waals surface area contributed by atoms with E-state index in [1.54, 1.807) is 43.3 Å². The number of hydrogen-bond acceptors (Lipinski definition) is 6. The maximum Gasteiger partial charge on any atom is 0.273 e. The average molecular weight is 428 g/mol. The second-order valence-electron chi connectivity index (χ2n) is 8.12. The van der Waals surface area contributed by atoms with Crippen LogP contribution in [0.25, 0.3) is 0 Å². The molecule has 0 spiro atoms. The molecule has 9 nitrogen and oxygen atoms in total. The first-order valence-electron chi connectivity index (χ1n) is 10.8. The molecule has 1 aliphatic carbocycles. The van der Waals surface area contributed by atoms with Gasteiger partial charge in [-0.15, -0.1) is 5.10 Å². The summed E-state index contributed by atoms with van der Waals surface area (Å²) < 4.78 is 12.4. The van der Waals surface area contributed by atoms with Gasteiger partial charge >= 0.3 is 0 Å². The van der Waals surface area contributed by atoms with Crippen LogP contribution in [0.4, 0.5) is 0 Å². The third-order valence-corrected chi connectivity index (χ3v) is 5.90. The van der Waals surface area contributed by atoms with Crippen LogP contribution in [0.2, 0.25) is 0 Å². The molecule has 2 aromatic rings. The Balaban J connectivity index is 1.41. The average Bonchev–Trinajstić information content (AvgIpc) is 3.49. The van der Waals surface area contributed by atoms with E-state index >= 15 is 0 Å². The second kappa shape index (κ2) is 9.36. The number of amides is 2. The molecule has 0 unspecified atom stereocenters. The molecule has 166 valence electrons. The summed E-state index contributed by atoms with van der Waals surface area (Å²) in [5.74, 6) is 0.953. The van der Waals surface area contributed by atoms with E-state index in [1.165, 1.54) is 0 Å². The van der Waals surface area contributed by atoms with Crippen LogP contribution >= 0.6 is 0 Å². The van der Waals surface area contributed by atoms with Crippen LogP contribution in [-0.2, 0) is 6.54 Å². The standard InChI is InChI=1S/C22H29N5O4/c1-30-17-8-9-18(20(13-17)31-2)22(29)27-11-4-3-5-16(27)10-12-26-14-19(24-25-26)21(28)23-15-6-7-15/h8-9,13-16H,3-7,10-12H2,1-2H3,(H,23,28)/t16-/m1/s1. The number of piperidine rings is 1. The summed E-state index contributed by atoms with van der Waals surface area (Å²) in [4.78, 5) is 27.4. The molecule has 1 N–H and O–H groups in total. The van der Waals surface area contributed by atoms with E-state index in [4.69, 9.17) is 9.47 Å². The van der Waals surface area contributed by atoms with Crippen LogP contribution in [-0.4, -0.2) is 64.6 Å². The number of benzene rings is 1. The maximum atomic E-state index is 13.3. The van der Waals surface area contributed by atoms with Gasteiger partial charge in [-0.2, -0.15) is 0 Å². The lowest BCUT2D eigenvalue weighted by Crippen LogP contribution is -2.44. The molecule has 2 fully saturated rings. The van der Waals surface area contributed by atoms with Crippen LogP contribution in [0.5, 0.6) is 11.5 Å². The van der Waals surface area contributed by atoms with Gasteiger partial charge in [0.25, 0.3) is 11.8 Å². The van der Waals surface area contributed by atoms with E-state index in [2.05, 4.69) is 15.6 Å². The predicted molar refractivity (Wildman–Crippen MR) is 113 cm³/mol. The molecule has 1 atom stereocenters. The number of carbonyl (C=O) groups excluding carboxylic acids is 2. The molecular weight excluding hydrogens is 398 g/mol. The minimum atomic E-state index is -0.171. The van der Waals surface area contributed by atoms with Crippen molar-refractivity contribution in [1.29, 1.82) is 0 Å². The Morgan fingerprint density at radius 2 is 2.00 bits per heavy atom. The fraction of sp³-hybridized carbons (Fsp3) is 0.545. The van der Waals surface area contributed by atoms with Gasteiger partial charge in [-0.05, 0) is 50.7 Å². The van der Waals surface area contributed by atoms with Crippen molar-refractivity contribution >= 4 is 11.8 Å². The fourth-order valence-corrected chi connectivity index (χ4v) is 3.98. The first kappa shape index (κ1) is 21.1. The van der Waals surface area contributed by atoms with E-state index in [0.717, 1.165) is 38.5 Å². The third kappa shape index (κ3) is 4.98. The van der Waals surface area contributed by atoms with E-state index in [9.17, 15) is 9.59 Å². The largest absolute Gasteiger partial charge is 0.497 e. The van der Waals surface area contributed by atoms with Gasteiger partial charge in [0.15, 0.2) is 5.69 Å². The normalized spacial score (nSPS) is 18.5.